The molecule has 0 radical (unpaired) electrons. The number of nitriles is 1. The van der Waals surface area contributed by atoms with E-state index in [0.29, 0.717) is 5.56 Å². The molecule has 1 aromatic heterocycles. The molecule has 4 aromatic rings. The summed E-state index contributed by atoms with van der Waals surface area (Å²) in [5, 5.41) is 9.09. The molecule has 4 rings (SSSR count). The highest BCUT2D eigenvalue weighted by molar-refractivity contribution is 5.31. The minimum Gasteiger partial charge on any atom is -0.342 e. The van der Waals surface area contributed by atoms with Crippen molar-refractivity contribution < 1.29 is 4.90 Å². The largest absolute Gasteiger partial charge is 0.342 e. The summed E-state index contributed by atoms with van der Waals surface area (Å²) in [6.45, 7) is 5.84. The Morgan fingerprint density at radius 3 is 2.16 bits per heavy atom. The number of aryl methyl sites for hydroxylation is 1. The zero-order valence-electron chi connectivity index (χ0n) is 18.0. The predicted octanol–water partition coefficient (Wildman–Crippen LogP) is 4.50. The van der Waals surface area contributed by atoms with E-state index in [1.807, 2.05) is 12.1 Å². The van der Waals surface area contributed by atoms with Crippen LogP contribution in [0.5, 0.6) is 0 Å². The fraction of sp³-hybridized carbons (Fsp3) is 0.179. The smallest absolute Gasteiger partial charge is 0.119 e. The molecular formula is C28H28N3+. The van der Waals surface area contributed by atoms with Gasteiger partial charge in [0.1, 0.15) is 19.6 Å². The third-order valence-electron chi connectivity index (χ3n) is 5.62. The molecule has 0 spiro atoms. The van der Waals surface area contributed by atoms with E-state index in [1.54, 1.807) is 0 Å². The summed E-state index contributed by atoms with van der Waals surface area (Å²) >= 11 is 0. The standard InChI is InChI=1S/C28H27N3/c1-23-7-5-10-27(17-23)21-31-16-6-11-28(31)22-30(19-25-8-3-2-4-9-25)20-26-14-12-24(18-29)13-15-26/h2-17H,19-22H2,1H3/p+1. The number of quaternary nitrogens is 1. The Kier molecular flexibility index (Phi) is 6.62. The fourth-order valence-corrected chi connectivity index (χ4v) is 4.09. The van der Waals surface area contributed by atoms with Crippen LogP contribution in [-0.2, 0) is 26.2 Å². The van der Waals surface area contributed by atoms with Crippen LogP contribution >= 0.6 is 0 Å². The summed E-state index contributed by atoms with van der Waals surface area (Å²) in [7, 11) is 0. The molecule has 1 atom stereocenters. The molecule has 0 aliphatic rings. The Hall–Kier alpha value is -3.61. The van der Waals surface area contributed by atoms with Gasteiger partial charge in [0.25, 0.3) is 0 Å². The lowest BCUT2D eigenvalue weighted by Crippen LogP contribution is -3.08. The highest BCUT2D eigenvalue weighted by Crippen LogP contribution is 2.10. The molecule has 0 fully saturated rings. The van der Waals surface area contributed by atoms with Crippen molar-refractivity contribution in [1.82, 2.24) is 4.57 Å². The van der Waals surface area contributed by atoms with Gasteiger partial charge in [-0.2, -0.15) is 5.26 Å². The van der Waals surface area contributed by atoms with Gasteiger partial charge in [-0.15, -0.1) is 0 Å². The Balaban J connectivity index is 1.54. The normalized spacial score (nSPS) is 11.7. The molecule has 0 aliphatic carbocycles. The number of rotatable bonds is 8. The third-order valence-corrected chi connectivity index (χ3v) is 5.62. The molecule has 0 saturated heterocycles. The van der Waals surface area contributed by atoms with Crippen molar-refractivity contribution in [1.29, 1.82) is 5.26 Å². The quantitative estimate of drug-likeness (QED) is 0.459. The highest BCUT2D eigenvalue weighted by Gasteiger charge is 2.15. The van der Waals surface area contributed by atoms with Gasteiger partial charge in [-0.1, -0.05) is 72.3 Å². The summed E-state index contributed by atoms with van der Waals surface area (Å²) in [5.74, 6) is 0. The van der Waals surface area contributed by atoms with Crippen LogP contribution in [0.2, 0.25) is 0 Å². The van der Waals surface area contributed by atoms with E-state index in [-0.39, 0.29) is 0 Å². The molecule has 0 bridgehead atoms. The number of nitrogens with one attached hydrogen (secondary N) is 1. The van der Waals surface area contributed by atoms with Crippen LogP contribution in [0.15, 0.2) is 97.2 Å². The summed E-state index contributed by atoms with van der Waals surface area (Å²) in [4.78, 5) is 1.47. The second-order valence-corrected chi connectivity index (χ2v) is 8.19. The molecule has 1 N–H and O–H groups in total. The Bertz CT molecular complexity index is 1150. The summed E-state index contributed by atoms with van der Waals surface area (Å²) < 4.78 is 2.36. The molecule has 154 valence electrons. The first kappa shape index (κ1) is 20.7. The van der Waals surface area contributed by atoms with Crippen molar-refractivity contribution in [3.63, 3.8) is 0 Å². The van der Waals surface area contributed by atoms with Crippen LogP contribution in [0, 0.1) is 18.3 Å². The van der Waals surface area contributed by atoms with E-state index in [1.165, 1.54) is 32.8 Å². The number of benzene rings is 3. The Morgan fingerprint density at radius 1 is 0.742 bits per heavy atom. The van der Waals surface area contributed by atoms with Crippen LogP contribution < -0.4 is 4.90 Å². The zero-order valence-corrected chi connectivity index (χ0v) is 18.0. The monoisotopic (exact) mass is 406 g/mol. The summed E-state index contributed by atoms with van der Waals surface area (Å²) in [6, 6.07) is 34.0. The number of hydrogen-bond acceptors (Lipinski definition) is 1. The maximum absolute atomic E-state index is 9.09. The first-order valence-electron chi connectivity index (χ1n) is 10.8. The van der Waals surface area contributed by atoms with Crippen LogP contribution in [0.1, 0.15) is 33.5 Å². The van der Waals surface area contributed by atoms with Crippen LogP contribution in [0.3, 0.4) is 0 Å². The molecular weight excluding hydrogens is 378 g/mol. The van der Waals surface area contributed by atoms with Gasteiger partial charge in [0.15, 0.2) is 0 Å². The van der Waals surface area contributed by atoms with Crippen molar-refractivity contribution in [2.75, 3.05) is 0 Å². The lowest BCUT2D eigenvalue weighted by atomic mass is 10.1. The second-order valence-electron chi connectivity index (χ2n) is 8.19. The van der Waals surface area contributed by atoms with E-state index >= 15 is 0 Å². The van der Waals surface area contributed by atoms with E-state index in [2.05, 4.69) is 103 Å². The number of nitrogens with zero attached hydrogens (tertiary/aromatic N) is 2. The first-order chi connectivity index (χ1) is 15.2. The van der Waals surface area contributed by atoms with Gasteiger partial charge in [0, 0.05) is 23.9 Å². The van der Waals surface area contributed by atoms with Crippen LogP contribution in [-0.4, -0.2) is 4.57 Å². The maximum atomic E-state index is 9.09. The zero-order chi connectivity index (χ0) is 21.5. The summed E-state index contributed by atoms with van der Waals surface area (Å²) in [5.41, 5.74) is 7.25. The second kappa shape index (κ2) is 9.93. The average Bonchev–Trinajstić information content (AvgIpc) is 3.21. The fourth-order valence-electron chi connectivity index (χ4n) is 4.09. The van der Waals surface area contributed by atoms with Gasteiger partial charge in [-0.25, -0.2) is 0 Å². The minimum atomic E-state index is 0.709. The Morgan fingerprint density at radius 2 is 1.45 bits per heavy atom. The van der Waals surface area contributed by atoms with E-state index in [9.17, 15) is 0 Å². The molecule has 1 heterocycles. The van der Waals surface area contributed by atoms with Gasteiger partial charge in [0.2, 0.25) is 0 Å². The number of aromatic nitrogens is 1. The minimum absolute atomic E-state index is 0.709. The van der Waals surface area contributed by atoms with Gasteiger partial charge in [0.05, 0.1) is 17.3 Å². The first-order valence-corrected chi connectivity index (χ1v) is 10.8. The molecule has 31 heavy (non-hydrogen) atoms. The highest BCUT2D eigenvalue weighted by atomic mass is 15.1. The van der Waals surface area contributed by atoms with Gasteiger partial charge >= 0.3 is 0 Å². The van der Waals surface area contributed by atoms with Crippen molar-refractivity contribution in [2.45, 2.75) is 33.1 Å². The van der Waals surface area contributed by atoms with Crippen molar-refractivity contribution in [2.24, 2.45) is 0 Å². The van der Waals surface area contributed by atoms with Crippen LogP contribution in [0.25, 0.3) is 0 Å². The molecule has 0 saturated carbocycles. The molecule has 0 aliphatic heterocycles. The SMILES string of the molecule is Cc1cccc(Cn2cccc2C[NH+](Cc2ccccc2)Cc2ccc(C#N)cc2)c1. The van der Waals surface area contributed by atoms with Crippen molar-refractivity contribution >= 4 is 0 Å². The molecule has 0 amide bonds. The molecule has 1 unspecified atom stereocenters. The average molecular weight is 407 g/mol. The summed E-state index contributed by atoms with van der Waals surface area (Å²) in [6.07, 6.45) is 2.18. The molecule has 3 aromatic carbocycles. The molecule has 3 heteroatoms. The van der Waals surface area contributed by atoms with E-state index < -0.39 is 0 Å². The predicted molar refractivity (Wildman–Crippen MR) is 124 cm³/mol. The van der Waals surface area contributed by atoms with Crippen molar-refractivity contribution in [3.8, 4) is 6.07 Å². The maximum Gasteiger partial charge on any atom is 0.119 e. The van der Waals surface area contributed by atoms with E-state index in [4.69, 9.17) is 5.26 Å². The number of hydrogen-bond donors (Lipinski definition) is 1. The molecule has 3 nitrogen and oxygen atoms in total. The van der Waals surface area contributed by atoms with Gasteiger partial charge in [-0.05, 0) is 36.8 Å². The van der Waals surface area contributed by atoms with Gasteiger partial charge < -0.3 is 9.47 Å². The van der Waals surface area contributed by atoms with Gasteiger partial charge in [-0.3, -0.25) is 0 Å². The topological polar surface area (TPSA) is 33.2 Å². The lowest BCUT2D eigenvalue weighted by Gasteiger charge is -2.21. The third kappa shape index (κ3) is 5.72. The van der Waals surface area contributed by atoms with Crippen LogP contribution in [0.4, 0.5) is 0 Å². The van der Waals surface area contributed by atoms with E-state index in [0.717, 1.165) is 26.2 Å². The Labute approximate surface area is 184 Å². The van der Waals surface area contributed by atoms with Crippen molar-refractivity contribution in [3.05, 3.63) is 131 Å². The lowest BCUT2D eigenvalue weighted by molar-refractivity contribution is -0.941.